The molecule has 2 amide bonds. The lowest BCUT2D eigenvalue weighted by atomic mass is 10.2. The molecule has 0 saturated heterocycles. The lowest BCUT2D eigenvalue weighted by molar-refractivity contribution is 0.240. The first kappa shape index (κ1) is 16.3. The normalized spacial score (nSPS) is 10.1. The van der Waals surface area contributed by atoms with Crippen molar-refractivity contribution in [3.05, 3.63) is 29.8 Å². The molecular formula is C15H24N2O3. The van der Waals surface area contributed by atoms with Gasteiger partial charge in [0.1, 0.15) is 5.75 Å². The highest BCUT2D eigenvalue weighted by Crippen LogP contribution is 2.11. The van der Waals surface area contributed by atoms with Gasteiger partial charge in [0, 0.05) is 19.7 Å². The van der Waals surface area contributed by atoms with E-state index in [4.69, 9.17) is 9.84 Å². The average Bonchev–Trinajstić information content (AvgIpc) is 2.47. The first-order valence-electron chi connectivity index (χ1n) is 7.10. The van der Waals surface area contributed by atoms with Gasteiger partial charge < -0.3 is 20.5 Å². The van der Waals surface area contributed by atoms with Crippen molar-refractivity contribution in [3.63, 3.8) is 0 Å². The van der Waals surface area contributed by atoms with Crippen molar-refractivity contribution in [1.29, 1.82) is 0 Å². The average molecular weight is 280 g/mol. The molecule has 3 N–H and O–H groups in total. The van der Waals surface area contributed by atoms with Crippen LogP contribution in [0.25, 0.3) is 0 Å². The number of aliphatic hydroxyl groups excluding tert-OH is 1. The van der Waals surface area contributed by atoms with Gasteiger partial charge in [-0.25, -0.2) is 4.79 Å². The van der Waals surface area contributed by atoms with Crippen molar-refractivity contribution < 1.29 is 14.6 Å². The number of hydrogen-bond donors (Lipinski definition) is 3. The number of aliphatic hydroxyl groups is 1. The molecule has 0 aliphatic heterocycles. The van der Waals surface area contributed by atoms with Gasteiger partial charge in [-0.1, -0.05) is 12.1 Å². The Morgan fingerprint density at radius 3 is 2.55 bits per heavy atom. The van der Waals surface area contributed by atoms with Crippen LogP contribution in [0.1, 0.15) is 31.7 Å². The van der Waals surface area contributed by atoms with E-state index in [0.717, 1.165) is 30.6 Å². The molecule has 0 unspecified atom stereocenters. The fourth-order valence-corrected chi connectivity index (χ4v) is 1.73. The van der Waals surface area contributed by atoms with Crippen molar-refractivity contribution in [2.75, 3.05) is 19.8 Å². The van der Waals surface area contributed by atoms with Crippen LogP contribution in [0, 0.1) is 0 Å². The molecule has 5 heteroatoms. The first-order chi connectivity index (χ1) is 9.76. The molecule has 0 atom stereocenters. The zero-order valence-electron chi connectivity index (χ0n) is 12.0. The van der Waals surface area contributed by atoms with Crippen LogP contribution >= 0.6 is 0 Å². The van der Waals surface area contributed by atoms with Crippen LogP contribution in [0.3, 0.4) is 0 Å². The molecular weight excluding hydrogens is 256 g/mol. The predicted molar refractivity (Wildman–Crippen MR) is 78.8 cm³/mol. The van der Waals surface area contributed by atoms with Gasteiger partial charge in [0.15, 0.2) is 0 Å². The summed E-state index contributed by atoms with van der Waals surface area (Å²) in [5.74, 6) is 0.838. The Hall–Kier alpha value is -1.75. The van der Waals surface area contributed by atoms with Gasteiger partial charge in [-0.05, 0) is 43.9 Å². The highest BCUT2D eigenvalue weighted by molar-refractivity contribution is 5.73. The van der Waals surface area contributed by atoms with Crippen molar-refractivity contribution in [1.82, 2.24) is 10.6 Å². The van der Waals surface area contributed by atoms with Gasteiger partial charge >= 0.3 is 6.03 Å². The Morgan fingerprint density at radius 2 is 1.90 bits per heavy atom. The van der Waals surface area contributed by atoms with Gasteiger partial charge in [-0.3, -0.25) is 0 Å². The van der Waals surface area contributed by atoms with E-state index in [1.807, 2.05) is 31.2 Å². The fraction of sp³-hybridized carbons (Fsp3) is 0.533. The summed E-state index contributed by atoms with van der Waals surface area (Å²) < 4.78 is 5.35. The van der Waals surface area contributed by atoms with E-state index >= 15 is 0 Å². The largest absolute Gasteiger partial charge is 0.494 e. The van der Waals surface area contributed by atoms with Crippen molar-refractivity contribution in [2.24, 2.45) is 0 Å². The minimum Gasteiger partial charge on any atom is -0.494 e. The van der Waals surface area contributed by atoms with Gasteiger partial charge in [-0.15, -0.1) is 0 Å². The molecule has 0 radical (unpaired) electrons. The zero-order valence-corrected chi connectivity index (χ0v) is 12.0. The third-order valence-corrected chi connectivity index (χ3v) is 2.81. The maximum Gasteiger partial charge on any atom is 0.315 e. The Morgan fingerprint density at radius 1 is 1.15 bits per heavy atom. The van der Waals surface area contributed by atoms with E-state index in [2.05, 4.69) is 10.6 Å². The minimum atomic E-state index is -0.164. The zero-order chi connectivity index (χ0) is 14.6. The minimum absolute atomic E-state index is 0.164. The number of carbonyl (C=O) groups excluding carboxylic acids is 1. The number of unbranched alkanes of at least 4 members (excludes halogenated alkanes) is 2. The highest BCUT2D eigenvalue weighted by Gasteiger charge is 2.00. The summed E-state index contributed by atoms with van der Waals surface area (Å²) in [6.07, 6.45) is 2.60. The Balaban J connectivity index is 2.16. The molecule has 1 rings (SSSR count). The number of urea groups is 1. The molecule has 0 heterocycles. The van der Waals surface area contributed by atoms with Crippen LogP contribution in [0.5, 0.6) is 5.75 Å². The third-order valence-electron chi connectivity index (χ3n) is 2.81. The number of carbonyl (C=O) groups is 1. The topological polar surface area (TPSA) is 70.6 Å². The molecule has 20 heavy (non-hydrogen) atoms. The SMILES string of the molecule is CCOc1ccc(CNC(=O)NCCCCCO)cc1. The molecule has 1 aromatic rings. The quantitative estimate of drug-likeness (QED) is 0.606. The lowest BCUT2D eigenvalue weighted by Gasteiger charge is -2.08. The molecule has 0 aliphatic carbocycles. The Labute approximate surface area is 120 Å². The Kier molecular flexibility index (Phi) is 8.22. The van der Waals surface area contributed by atoms with Gasteiger partial charge in [0.2, 0.25) is 0 Å². The van der Waals surface area contributed by atoms with Gasteiger partial charge in [-0.2, -0.15) is 0 Å². The van der Waals surface area contributed by atoms with Crippen LogP contribution < -0.4 is 15.4 Å². The summed E-state index contributed by atoms with van der Waals surface area (Å²) in [5.41, 5.74) is 1.03. The maximum absolute atomic E-state index is 11.5. The molecule has 0 aliphatic rings. The highest BCUT2D eigenvalue weighted by atomic mass is 16.5. The van der Waals surface area contributed by atoms with E-state index in [1.165, 1.54) is 0 Å². The number of benzene rings is 1. The van der Waals surface area contributed by atoms with Crippen LogP contribution in [-0.4, -0.2) is 30.9 Å². The van der Waals surface area contributed by atoms with E-state index in [9.17, 15) is 4.79 Å². The van der Waals surface area contributed by atoms with Crippen molar-refractivity contribution >= 4 is 6.03 Å². The van der Waals surface area contributed by atoms with Gasteiger partial charge in [0.05, 0.1) is 6.61 Å². The maximum atomic E-state index is 11.5. The lowest BCUT2D eigenvalue weighted by Crippen LogP contribution is -2.35. The summed E-state index contributed by atoms with van der Waals surface area (Å²) in [6.45, 7) is 3.94. The standard InChI is InChI=1S/C15H24N2O3/c1-2-20-14-8-6-13(7-9-14)12-17-15(19)16-10-4-3-5-11-18/h6-9,18H,2-5,10-12H2,1H3,(H2,16,17,19). The van der Waals surface area contributed by atoms with Crippen LogP contribution in [0.2, 0.25) is 0 Å². The van der Waals surface area contributed by atoms with Gasteiger partial charge in [0.25, 0.3) is 0 Å². The molecule has 1 aromatic carbocycles. The first-order valence-corrected chi connectivity index (χ1v) is 7.10. The van der Waals surface area contributed by atoms with E-state index < -0.39 is 0 Å². The molecule has 0 aromatic heterocycles. The third kappa shape index (κ3) is 6.99. The summed E-state index contributed by atoms with van der Waals surface area (Å²) in [7, 11) is 0. The predicted octanol–water partition coefficient (Wildman–Crippen LogP) is 2.05. The van der Waals surface area contributed by atoms with Crippen LogP contribution in [0.4, 0.5) is 4.79 Å². The fourth-order valence-electron chi connectivity index (χ4n) is 1.73. The second-order valence-electron chi connectivity index (χ2n) is 4.47. The number of rotatable bonds is 9. The second kappa shape index (κ2) is 10.1. The van der Waals surface area contributed by atoms with E-state index in [1.54, 1.807) is 0 Å². The summed E-state index contributed by atoms with van der Waals surface area (Å²) in [5, 5.41) is 14.2. The van der Waals surface area contributed by atoms with Crippen molar-refractivity contribution in [3.8, 4) is 5.75 Å². The van der Waals surface area contributed by atoms with Crippen molar-refractivity contribution in [2.45, 2.75) is 32.7 Å². The Bertz CT molecular complexity index is 379. The summed E-state index contributed by atoms with van der Waals surface area (Å²) in [4.78, 5) is 11.5. The monoisotopic (exact) mass is 280 g/mol. The number of amides is 2. The molecule has 0 spiro atoms. The molecule has 0 saturated carbocycles. The summed E-state index contributed by atoms with van der Waals surface area (Å²) >= 11 is 0. The second-order valence-corrected chi connectivity index (χ2v) is 4.47. The smallest absolute Gasteiger partial charge is 0.315 e. The number of hydrogen-bond acceptors (Lipinski definition) is 3. The van der Waals surface area contributed by atoms with E-state index in [-0.39, 0.29) is 12.6 Å². The van der Waals surface area contributed by atoms with Crippen LogP contribution in [-0.2, 0) is 6.54 Å². The number of ether oxygens (including phenoxy) is 1. The molecule has 0 bridgehead atoms. The summed E-state index contributed by atoms with van der Waals surface area (Å²) in [6, 6.07) is 7.50. The van der Waals surface area contributed by atoms with Crippen LogP contribution in [0.15, 0.2) is 24.3 Å². The number of nitrogens with one attached hydrogen (secondary N) is 2. The molecule has 5 nitrogen and oxygen atoms in total. The molecule has 112 valence electrons. The van der Waals surface area contributed by atoms with E-state index in [0.29, 0.717) is 19.7 Å². The molecule has 0 fully saturated rings.